The zero-order valence-corrected chi connectivity index (χ0v) is 14.0. The van der Waals surface area contributed by atoms with Gasteiger partial charge in [0.25, 0.3) is 0 Å². The van der Waals surface area contributed by atoms with Gasteiger partial charge < -0.3 is 15.0 Å². The normalized spacial score (nSPS) is 21.4. The van der Waals surface area contributed by atoms with E-state index in [9.17, 15) is 0 Å². The molecule has 1 aromatic carbocycles. The fraction of sp³-hybridized carbons (Fsp3) is 0.667. The fourth-order valence-electron chi connectivity index (χ4n) is 3.42. The molecule has 0 radical (unpaired) electrons. The minimum absolute atomic E-state index is 0.437. The molecule has 0 heterocycles. The maximum atomic E-state index is 5.37. The van der Waals surface area contributed by atoms with E-state index >= 15 is 0 Å². The van der Waals surface area contributed by atoms with E-state index in [0.717, 1.165) is 18.7 Å². The van der Waals surface area contributed by atoms with Gasteiger partial charge >= 0.3 is 0 Å². The summed E-state index contributed by atoms with van der Waals surface area (Å²) in [5.74, 6) is 0.974. The Kier molecular flexibility index (Phi) is 6.07. The zero-order valence-electron chi connectivity index (χ0n) is 14.0. The Hall–Kier alpha value is -1.06. The minimum atomic E-state index is 0.437. The van der Waals surface area contributed by atoms with Crippen molar-refractivity contribution in [2.75, 3.05) is 27.2 Å². The summed E-state index contributed by atoms with van der Waals surface area (Å²) in [6.07, 6.45) is 4.91. The van der Waals surface area contributed by atoms with Crippen molar-refractivity contribution < 1.29 is 4.74 Å². The van der Waals surface area contributed by atoms with Gasteiger partial charge in [-0.2, -0.15) is 0 Å². The summed E-state index contributed by atoms with van der Waals surface area (Å²) < 4.78 is 5.37. The van der Waals surface area contributed by atoms with Crippen LogP contribution in [0.1, 0.15) is 50.3 Å². The molecule has 2 rings (SSSR count). The monoisotopic (exact) mass is 290 g/mol. The number of unbranched alkanes of at least 4 members (excludes halogenated alkanes) is 1. The van der Waals surface area contributed by atoms with Crippen LogP contribution in [0.25, 0.3) is 0 Å². The molecule has 1 aromatic rings. The molecule has 118 valence electrons. The molecule has 0 bridgehead atoms. The van der Waals surface area contributed by atoms with Crippen LogP contribution in [0.4, 0.5) is 0 Å². The van der Waals surface area contributed by atoms with Crippen molar-refractivity contribution in [3.8, 4) is 5.75 Å². The van der Waals surface area contributed by atoms with Crippen LogP contribution < -0.4 is 10.1 Å². The molecule has 21 heavy (non-hydrogen) atoms. The number of hydrogen-bond donors (Lipinski definition) is 1. The Balaban J connectivity index is 2.21. The van der Waals surface area contributed by atoms with E-state index in [1.807, 2.05) is 0 Å². The second-order valence-corrected chi connectivity index (χ2v) is 6.04. The molecule has 0 saturated heterocycles. The first-order valence-corrected chi connectivity index (χ1v) is 8.31. The van der Waals surface area contributed by atoms with Gasteiger partial charge in [-0.25, -0.2) is 0 Å². The zero-order chi connectivity index (χ0) is 15.2. The highest BCUT2D eigenvalue weighted by Crippen LogP contribution is 2.34. The van der Waals surface area contributed by atoms with Crippen LogP contribution in [0.15, 0.2) is 18.2 Å². The second kappa shape index (κ2) is 7.81. The quantitative estimate of drug-likeness (QED) is 0.833. The van der Waals surface area contributed by atoms with E-state index < -0.39 is 0 Å². The topological polar surface area (TPSA) is 24.5 Å². The first-order valence-electron chi connectivity index (χ1n) is 8.31. The molecule has 0 spiro atoms. The van der Waals surface area contributed by atoms with E-state index in [1.54, 1.807) is 7.11 Å². The lowest BCUT2D eigenvalue weighted by Gasteiger charge is -2.40. The number of likely N-dealkylation sites (N-methyl/N-ethyl adjacent to an activating group) is 2. The van der Waals surface area contributed by atoms with Crippen molar-refractivity contribution in [2.45, 2.75) is 51.6 Å². The third kappa shape index (κ3) is 3.78. The second-order valence-electron chi connectivity index (χ2n) is 6.04. The molecule has 2 unspecified atom stereocenters. The van der Waals surface area contributed by atoms with Gasteiger partial charge in [0.2, 0.25) is 0 Å². The molecule has 2 atom stereocenters. The van der Waals surface area contributed by atoms with Crippen LogP contribution in [-0.4, -0.2) is 38.2 Å². The summed E-state index contributed by atoms with van der Waals surface area (Å²) >= 11 is 0. The highest BCUT2D eigenvalue weighted by molar-refractivity contribution is 5.40. The van der Waals surface area contributed by atoms with E-state index in [1.165, 1.54) is 36.9 Å². The number of fused-ring (bicyclic) bond motifs is 1. The summed E-state index contributed by atoms with van der Waals surface area (Å²) in [5, 5.41) is 3.70. The standard InChI is InChI=1S/C18H30N2O/c1-5-7-12-20(3)17-11-8-14-13-15(21-4)9-10-16(14)18(17)19-6-2/h9-10,13,17-19H,5-8,11-12H2,1-4H3. The van der Waals surface area contributed by atoms with Crippen molar-refractivity contribution in [3.05, 3.63) is 29.3 Å². The van der Waals surface area contributed by atoms with Crippen molar-refractivity contribution >= 4 is 0 Å². The van der Waals surface area contributed by atoms with Gasteiger partial charge in [-0.3, -0.25) is 0 Å². The SMILES string of the molecule is CCCCN(C)C1CCc2cc(OC)ccc2C1NCC. The fourth-order valence-corrected chi connectivity index (χ4v) is 3.42. The van der Waals surface area contributed by atoms with Crippen LogP contribution in [-0.2, 0) is 6.42 Å². The first-order chi connectivity index (χ1) is 10.2. The maximum absolute atomic E-state index is 5.37. The van der Waals surface area contributed by atoms with Gasteiger partial charge in [0.15, 0.2) is 0 Å². The number of aryl methyl sites for hydroxylation is 1. The van der Waals surface area contributed by atoms with Gasteiger partial charge in [0, 0.05) is 12.1 Å². The Bertz CT molecular complexity index is 447. The Labute approximate surface area is 129 Å². The molecule has 1 N–H and O–H groups in total. The highest BCUT2D eigenvalue weighted by Gasteiger charge is 2.31. The third-order valence-corrected chi connectivity index (χ3v) is 4.63. The van der Waals surface area contributed by atoms with Crippen LogP contribution >= 0.6 is 0 Å². The van der Waals surface area contributed by atoms with E-state index in [4.69, 9.17) is 4.74 Å². The molecule has 1 aliphatic rings. The van der Waals surface area contributed by atoms with Crippen molar-refractivity contribution in [3.63, 3.8) is 0 Å². The van der Waals surface area contributed by atoms with E-state index in [-0.39, 0.29) is 0 Å². The number of hydrogen-bond acceptors (Lipinski definition) is 3. The Morgan fingerprint density at radius 1 is 1.33 bits per heavy atom. The first kappa shape index (κ1) is 16.3. The van der Waals surface area contributed by atoms with Gasteiger partial charge in [-0.1, -0.05) is 26.3 Å². The lowest BCUT2D eigenvalue weighted by molar-refractivity contribution is 0.171. The predicted octanol–water partition coefficient (Wildman–Crippen LogP) is 3.39. The van der Waals surface area contributed by atoms with Crippen molar-refractivity contribution in [2.24, 2.45) is 0 Å². The molecule has 0 aliphatic heterocycles. The maximum Gasteiger partial charge on any atom is 0.119 e. The number of methoxy groups -OCH3 is 1. The molecule has 3 heteroatoms. The number of nitrogens with one attached hydrogen (secondary N) is 1. The highest BCUT2D eigenvalue weighted by atomic mass is 16.5. The number of rotatable bonds is 7. The molecule has 0 amide bonds. The molecule has 1 aliphatic carbocycles. The Morgan fingerprint density at radius 3 is 2.81 bits per heavy atom. The largest absolute Gasteiger partial charge is 0.497 e. The summed E-state index contributed by atoms with van der Waals surface area (Å²) in [6.45, 7) is 6.65. The molecule has 0 fully saturated rings. The predicted molar refractivity (Wildman–Crippen MR) is 89.1 cm³/mol. The van der Waals surface area contributed by atoms with Gasteiger partial charge in [0.1, 0.15) is 5.75 Å². The molecule has 0 aromatic heterocycles. The summed E-state index contributed by atoms with van der Waals surface area (Å²) in [6, 6.07) is 7.59. The molecular formula is C18H30N2O. The van der Waals surface area contributed by atoms with Crippen LogP contribution in [0, 0.1) is 0 Å². The van der Waals surface area contributed by atoms with Gasteiger partial charge in [-0.15, -0.1) is 0 Å². The number of nitrogens with zero attached hydrogens (tertiary/aromatic N) is 1. The van der Waals surface area contributed by atoms with E-state index in [0.29, 0.717) is 12.1 Å². The number of ether oxygens (including phenoxy) is 1. The van der Waals surface area contributed by atoms with Gasteiger partial charge in [0.05, 0.1) is 7.11 Å². The molecular weight excluding hydrogens is 260 g/mol. The van der Waals surface area contributed by atoms with Crippen molar-refractivity contribution in [1.29, 1.82) is 0 Å². The summed E-state index contributed by atoms with van der Waals surface area (Å²) in [4.78, 5) is 2.55. The van der Waals surface area contributed by atoms with Crippen molar-refractivity contribution in [1.82, 2.24) is 10.2 Å². The molecule has 0 saturated carbocycles. The minimum Gasteiger partial charge on any atom is -0.497 e. The lowest BCUT2D eigenvalue weighted by Crippen LogP contribution is -2.45. The average molecular weight is 290 g/mol. The van der Waals surface area contributed by atoms with Crippen LogP contribution in [0.3, 0.4) is 0 Å². The summed E-state index contributed by atoms with van der Waals surface area (Å²) in [7, 11) is 4.02. The lowest BCUT2D eigenvalue weighted by atomic mass is 9.83. The average Bonchev–Trinajstić information content (AvgIpc) is 2.52. The van der Waals surface area contributed by atoms with E-state index in [2.05, 4.69) is 49.3 Å². The Morgan fingerprint density at radius 2 is 2.14 bits per heavy atom. The summed E-state index contributed by atoms with van der Waals surface area (Å²) in [5.41, 5.74) is 2.90. The van der Waals surface area contributed by atoms with Crippen LogP contribution in [0.5, 0.6) is 5.75 Å². The number of benzene rings is 1. The smallest absolute Gasteiger partial charge is 0.119 e. The van der Waals surface area contributed by atoms with Crippen LogP contribution in [0.2, 0.25) is 0 Å². The van der Waals surface area contributed by atoms with Gasteiger partial charge in [-0.05, 0) is 62.7 Å². The third-order valence-electron chi connectivity index (χ3n) is 4.63. The molecule has 3 nitrogen and oxygen atoms in total.